The number of ether oxygens (including phenoxy) is 3. The quantitative estimate of drug-likeness (QED) is 0.721. The summed E-state index contributed by atoms with van der Waals surface area (Å²) in [5, 5.41) is 9.59. The van der Waals surface area contributed by atoms with Crippen molar-refractivity contribution in [3.63, 3.8) is 0 Å². The van der Waals surface area contributed by atoms with Crippen LogP contribution in [0.4, 0.5) is 4.39 Å². The van der Waals surface area contributed by atoms with Crippen LogP contribution in [0.2, 0.25) is 0 Å². The van der Waals surface area contributed by atoms with Crippen LogP contribution in [0, 0.1) is 17.1 Å². The van der Waals surface area contributed by atoms with E-state index >= 15 is 0 Å². The molecule has 0 saturated carbocycles. The summed E-state index contributed by atoms with van der Waals surface area (Å²) in [6.07, 6.45) is 1.65. The van der Waals surface area contributed by atoms with Gasteiger partial charge in [0.2, 0.25) is 6.79 Å². The minimum atomic E-state index is -0.371. The molecule has 0 spiro atoms. The summed E-state index contributed by atoms with van der Waals surface area (Å²) < 4.78 is 29.8. The van der Waals surface area contributed by atoms with Crippen LogP contribution < -0.4 is 14.2 Å². The summed E-state index contributed by atoms with van der Waals surface area (Å²) >= 11 is 0. The van der Waals surface area contributed by atoms with E-state index in [1.165, 1.54) is 12.1 Å². The molecule has 26 heavy (non-hydrogen) atoms. The zero-order chi connectivity index (χ0) is 18.1. The normalized spacial score (nSPS) is 13.0. The third-order valence-corrected chi connectivity index (χ3v) is 3.92. The number of hydrogen-bond donors (Lipinski definition) is 1. The van der Waals surface area contributed by atoms with Crippen molar-refractivity contribution < 1.29 is 18.6 Å². The van der Waals surface area contributed by atoms with Crippen LogP contribution in [0.1, 0.15) is 18.3 Å². The zero-order valence-corrected chi connectivity index (χ0v) is 13.9. The molecule has 4 rings (SSSR count). The van der Waals surface area contributed by atoms with Crippen molar-refractivity contribution in [2.75, 3.05) is 13.4 Å². The molecule has 0 bridgehead atoms. The van der Waals surface area contributed by atoms with Gasteiger partial charge in [0.15, 0.2) is 11.5 Å². The number of nitriles is 1. The van der Waals surface area contributed by atoms with Gasteiger partial charge in [0.25, 0.3) is 0 Å². The Morgan fingerprint density at radius 1 is 1.35 bits per heavy atom. The summed E-state index contributed by atoms with van der Waals surface area (Å²) in [4.78, 5) is 7.33. The molecule has 1 aromatic heterocycles. The van der Waals surface area contributed by atoms with Crippen LogP contribution in [0.15, 0.2) is 30.3 Å². The number of halogens is 1. The lowest BCUT2D eigenvalue weighted by atomic mass is 10.1. The fourth-order valence-corrected chi connectivity index (χ4v) is 2.75. The summed E-state index contributed by atoms with van der Waals surface area (Å²) in [5.41, 5.74) is 2.07. The molecule has 0 fully saturated rings. The predicted octanol–water partition coefficient (Wildman–Crippen LogP) is 3.89. The van der Waals surface area contributed by atoms with Crippen molar-refractivity contribution in [3.8, 4) is 23.3 Å². The molecule has 0 aliphatic carbocycles. The first-order chi connectivity index (χ1) is 12.7. The van der Waals surface area contributed by atoms with Crippen molar-refractivity contribution in [2.45, 2.75) is 6.92 Å². The monoisotopic (exact) mass is 351 g/mol. The highest BCUT2D eigenvalue weighted by molar-refractivity contribution is 5.91. The third-order valence-electron chi connectivity index (χ3n) is 3.92. The van der Waals surface area contributed by atoms with E-state index in [4.69, 9.17) is 14.2 Å². The van der Waals surface area contributed by atoms with Crippen molar-refractivity contribution in [1.29, 1.82) is 5.26 Å². The molecule has 6 nitrogen and oxygen atoms in total. The van der Waals surface area contributed by atoms with Gasteiger partial charge >= 0.3 is 0 Å². The first-order valence-corrected chi connectivity index (χ1v) is 8.02. The van der Waals surface area contributed by atoms with Crippen molar-refractivity contribution >= 4 is 22.7 Å². The molecule has 3 aromatic rings. The Bertz CT molecular complexity index is 1070. The Kier molecular flexibility index (Phi) is 3.93. The standard InChI is InChI=1S/C19H14FN3O3/c1-2-24-16-8-18-17(25-10-26-18)6-11(16)5-12(9-21)19-22-14-4-3-13(20)7-15(14)23-19/h3-8H,2,10H2,1H3,(H,22,23)/b12-5-. The molecule has 0 radical (unpaired) electrons. The molecule has 7 heteroatoms. The van der Waals surface area contributed by atoms with E-state index in [2.05, 4.69) is 16.0 Å². The highest BCUT2D eigenvalue weighted by Crippen LogP contribution is 2.39. The largest absolute Gasteiger partial charge is 0.493 e. The second-order valence-electron chi connectivity index (χ2n) is 5.59. The van der Waals surface area contributed by atoms with Crippen LogP contribution in [0.3, 0.4) is 0 Å². The van der Waals surface area contributed by atoms with E-state index < -0.39 is 0 Å². The van der Waals surface area contributed by atoms with Gasteiger partial charge in [0, 0.05) is 11.6 Å². The van der Waals surface area contributed by atoms with Gasteiger partial charge in [-0.3, -0.25) is 0 Å². The number of nitrogens with one attached hydrogen (secondary N) is 1. The fraction of sp³-hybridized carbons (Fsp3) is 0.158. The SMILES string of the molecule is CCOc1cc2c(cc1/C=C(/C#N)c1nc3ccc(F)cc3[nH]1)OCO2. The smallest absolute Gasteiger partial charge is 0.231 e. The Balaban J connectivity index is 1.80. The van der Waals surface area contributed by atoms with Crippen molar-refractivity contribution in [2.24, 2.45) is 0 Å². The first-order valence-electron chi connectivity index (χ1n) is 8.02. The van der Waals surface area contributed by atoms with Crippen LogP contribution in [-0.4, -0.2) is 23.4 Å². The van der Waals surface area contributed by atoms with Gasteiger partial charge in [-0.25, -0.2) is 9.37 Å². The molecule has 2 aromatic carbocycles. The summed E-state index contributed by atoms with van der Waals surface area (Å²) in [6, 6.07) is 9.85. The maximum absolute atomic E-state index is 13.4. The van der Waals surface area contributed by atoms with E-state index in [0.717, 1.165) is 0 Å². The van der Waals surface area contributed by atoms with E-state index in [1.807, 2.05) is 6.92 Å². The Morgan fingerprint density at radius 2 is 2.15 bits per heavy atom. The van der Waals surface area contributed by atoms with Crippen LogP contribution >= 0.6 is 0 Å². The molecule has 1 N–H and O–H groups in total. The van der Waals surface area contributed by atoms with E-state index in [9.17, 15) is 9.65 Å². The molecule has 0 atom stereocenters. The molecule has 1 aliphatic rings. The molecular weight excluding hydrogens is 337 g/mol. The Hall–Kier alpha value is -3.53. The summed E-state index contributed by atoms with van der Waals surface area (Å²) in [5.74, 6) is 1.75. The number of allylic oxidation sites excluding steroid dienone is 1. The number of imidazole rings is 1. The number of H-pyrrole nitrogens is 1. The number of fused-ring (bicyclic) bond motifs is 2. The molecular formula is C19H14FN3O3. The number of aromatic amines is 1. The number of nitrogens with zero attached hydrogens (tertiary/aromatic N) is 2. The lowest BCUT2D eigenvalue weighted by Crippen LogP contribution is -1.95. The second-order valence-corrected chi connectivity index (χ2v) is 5.59. The van der Waals surface area contributed by atoms with Gasteiger partial charge in [0.1, 0.15) is 23.5 Å². The molecule has 0 amide bonds. The molecule has 130 valence electrons. The molecule has 1 aliphatic heterocycles. The van der Waals surface area contributed by atoms with Gasteiger partial charge in [-0.15, -0.1) is 0 Å². The van der Waals surface area contributed by atoms with Gasteiger partial charge in [0.05, 0.1) is 23.2 Å². The minimum Gasteiger partial charge on any atom is -0.493 e. The second kappa shape index (κ2) is 6.41. The summed E-state index contributed by atoms with van der Waals surface area (Å²) in [6.45, 7) is 2.48. The van der Waals surface area contributed by atoms with Gasteiger partial charge in [-0.1, -0.05) is 0 Å². The van der Waals surface area contributed by atoms with E-state index in [0.29, 0.717) is 51.8 Å². The lowest BCUT2D eigenvalue weighted by molar-refractivity contribution is 0.174. The average molecular weight is 351 g/mol. The third kappa shape index (κ3) is 2.82. The molecule has 0 saturated heterocycles. The minimum absolute atomic E-state index is 0.147. The Morgan fingerprint density at radius 3 is 2.92 bits per heavy atom. The highest BCUT2D eigenvalue weighted by Gasteiger charge is 2.18. The number of rotatable bonds is 4. The fourth-order valence-electron chi connectivity index (χ4n) is 2.75. The van der Waals surface area contributed by atoms with Gasteiger partial charge < -0.3 is 19.2 Å². The molecule has 0 unspecified atom stereocenters. The maximum atomic E-state index is 13.4. The number of benzene rings is 2. The van der Waals surface area contributed by atoms with Gasteiger partial charge in [-0.05, 0) is 37.3 Å². The zero-order valence-electron chi connectivity index (χ0n) is 13.9. The highest BCUT2D eigenvalue weighted by atomic mass is 19.1. The van der Waals surface area contributed by atoms with E-state index in [1.54, 1.807) is 24.3 Å². The van der Waals surface area contributed by atoms with Gasteiger partial charge in [-0.2, -0.15) is 5.26 Å². The topological polar surface area (TPSA) is 80.2 Å². The maximum Gasteiger partial charge on any atom is 0.231 e. The average Bonchev–Trinajstić information content (AvgIpc) is 3.25. The number of aromatic nitrogens is 2. The van der Waals surface area contributed by atoms with Crippen LogP contribution in [-0.2, 0) is 0 Å². The number of hydrogen-bond acceptors (Lipinski definition) is 5. The van der Waals surface area contributed by atoms with Crippen molar-refractivity contribution in [3.05, 3.63) is 47.5 Å². The predicted molar refractivity (Wildman–Crippen MR) is 93.3 cm³/mol. The van der Waals surface area contributed by atoms with Crippen LogP contribution in [0.5, 0.6) is 17.2 Å². The lowest BCUT2D eigenvalue weighted by Gasteiger charge is -2.09. The summed E-state index contributed by atoms with van der Waals surface area (Å²) in [7, 11) is 0. The first kappa shape index (κ1) is 16.0. The van der Waals surface area contributed by atoms with Crippen molar-refractivity contribution in [1.82, 2.24) is 9.97 Å². The van der Waals surface area contributed by atoms with Crippen LogP contribution in [0.25, 0.3) is 22.7 Å². The Labute approximate surface area is 148 Å². The molecule has 2 heterocycles. The van der Waals surface area contributed by atoms with E-state index in [-0.39, 0.29) is 12.6 Å².